The Bertz CT molecular complexity index is 226. The van der Waals surface area contributed by atoms with Crippen molar-refractivity contribution in [2.45, 2.75) is 65.0 Å². The van der Waals surface area contributed by atoms with Gasteiger partial charge in [0.1, 0.15) is 0 Å². The minimum atomic E-state index is -0.218. The minimum Gasteiger partial charge on any atom is -0.370 e. The maximum absolute atomic E-state index is 10.8. The fourth-order valence-electron chi connectivity index (χ4n) is 2.60. The van der Waals surface area contributed by atoms with Crippen molar-refractivity contribution >= 4 is 5.91 Å². The second-order valence-corrected chi connectivity index (χ2v) is 5.70. The molecule has 1 amide bonds. The smallest absolute Gasteiger partial charge is 0.218 e. The molecule has 0 aromatic carbocycles. The van der Waals surface area contributed by atoms with E-state index >= 15 is 0 Å². The highest BCUT2D eigenvalue weighted by Crippen LogP contribution is 2.35. The van der Waals surface area contributed by atoms with Crippen molar-refractivity contribution < 1.29 is 4.79 Å². The molecule has 3 nitrogen and oxygen atoms in total. The number of carbonyl (C=O) groups excluding carboxylic acids is 1. The van der Waals surface area contributed by atoms with Crippen molar-refractivity contribution in [1.29, 1.82) is 0 Å². The standard InChI is InChI=1S/C12H24N2O/c1-9(7-11(13)15)14-10-5-4-6-12(2,3)8-10/h9-10,14H,4-8H2,1-3H3,(H2,13,15). The largest absolute Gasteiger partial charge is 0.370 e. The Labute approximate surface area is 92.8 Å². The summed E-state index contributed by atoms with van der Waals surface area (Å²) >= 11 is 0. The molecule has 3 heteroatoms. The van der Waals surface area contributed by atoms with Crippen LogP contribution in [0.15, 0.2) is 0 Å². The summed E-state index contributed by atoms with van der Waals surface area (Å²) in [7, 11) is 0. The first-order valence-electron chi connectivity index (χ1n) is 5.93. The Morgan fingerprint density at radius 3 is 2.80 bits per heavy atom. The second kappa shape index (κ2) is 4.97. The zero-order valence-corrected chi connectivity index (χ0v) is 10.2. The van der Waals surface area contributed by atoms with Crippen LogP contribution in [-0.4, -0.2) is 18.0 Å². The van der Waals surface area contributed by atoms with E-state index in [9.17, 15) is 4.79 Å². The van der Waals surface area contributed by atoms with E-state index in [1.807, 2.05) is 6.92 Å². The summed E-state index contributed by atoms with van der Waals surface area (Å²) in [4.78, 5) is 10.8. The maximum atomic E-state index is 10.8. The normalized spacial score (nSPS) is 27.3. The van der Waals surface area contributed by atoms with Crippen LogP contribution in [0.5, 0.6) is 0 Å². The lowest BCUT2D eigenvalue weighted by Crippen LogP contribution is -2.43. The van der Waals surface area contributed by atoms with Crippen LogP contribution in [0.4, 0.5) is 0 Å². The maximum Gasteiger partial charge on any atom is 0.218 e. The van der Waals surface area contributed by atoms with E-state index in [0.717, 1.165) is 0 Å². The molecule has 1 saturated carbocycles. The van der Waals surface area contributed by atoms with E-state index in [0.29, 0.717) is 17.9 Å². The summed E-state index contributed by atoms with van der Waals surface area (Å²) in [5.41, 5.74) is 5.62. The lowest BCUT2D eigenvalue weighted by molar-refractivity contribution is -0.118. The van der Waals surface area contributed by atoms with E-state index in [2.05, 4.69) is 19.2 Å². The number of hydrogen-bond acceptors (Lipinski definition) is 2. The molecule has 0 aromatic heterocycles. The third-order valence-electron chi connectivity index (χ3n) is 3.23. The molecule has 0 bridgehead atoms. The number of primary amides is 1. The second-order valence-electron chi connectivity index (χ2n) is 5.70. The van der Waals surface area contributed by atoms with E-state index in [1.54, 1.807) is 0 Å². The fraction of sp³-hybridized carbons (Fsp3) is 0.917. The first kappa shape index (κ1) is 12.5. The van der Waals surface area contributed by atoms with Gasteiger partial charge in [0.25, 0.3) is 0 Å². The van der Waals surface area contributed by atoms with Crippen molar-refractivity contribution in [1.82, 2.24) is 5.32 Å². The predicted molar refractivity (Wildman–Crippen MR) is 62.4 cm³/mol. The van der Waals surface area contributed by atoms with Gasteiger partial charge in [-0.3, -0.25) is 4.79 Å². The molecule has 3 N–H and O–H groups in total. The predicted octanol–water partition coefficient (Wildman–Crippen LogP) is 1.81. The van der Waals surface area contributed by atoms with Gasteiger partial charge in [0.15, 0.2) is 0 Å². The number of nitrogens with one attached hydrogen (secondary N) is 1. The van der Waals surface area contributed by atoms with Gasteiger partial charge in [-0.15, -0.1) is 0 Å². The van der Waals surface area contributed by atoms with Crippen LogP contribution in [-0.2, 0) is 4.79 Å². The van der Waals surface area contributed by atoms with Gasteiger partial charge in [0.05, 0.1) is 0 Å². The quantitative estimate of drug-likeness (QED) is 0.746. The Kier molecular flexibility index (Phi) is 4.14. The van der Waals surface area contributed by atoms with Gasteiger partial charge in [0, 0.05) is 18.5 Å². The van der Waals surface area contributed by atoms with Gasteiger partial charge in [-0.2, -0.15) is 0 Å². The van der Waals surface area contributed by atoms with Gasteiger partial charge < -0.3 is 11.1 Å². The van der Waals surface area contributed by atoms with Crippen LogP contribution >= 0.6 is 0 Å². The zero-order chi connectivity index (χ0) is 11.5. The molecule has 2 atom stereocenters. The van der Waals surface area contributed by atoms with Crippen LogP contribution in [0.2, 0.25) is 0 Å². The summed E-state index contributed by atoms with van der Waals surface area (Å²) in [5, 5.41) is 3.50. The van der Waals surface area contributed by atoms with Crippen molar-refractivity contribution in [2.24, 2.45) is 11.1 Å². The Hall–Kier alpha value is -0.570. The Balaban J connectivity index is 2.34. The zero-order valence-electron chi connectivity index (χ0n) is 10.2. The molecule has 88 valence electrons. The SMILES string of the molecule is CC(CC(N)=O)NC1CCCC(C)(C)C1. The van der Waals surface area contributed by atoms with Gasteiger partial charge in [0.2, 0.25) is 5.91 Å². The van der Waals surface area contributed by atoms with E-state index in [-0.39, 0.29) is 11.9 Å². The summed E-state index contributed by atoms with van der Waals surface area (Å²) in [6.45, 7) is 6.67. The van der Waals surface area contributed by atoms with Crippen LogP contribution < -0.4 is 11.1 Å². The summed E-state index contributed by atoms with van der Waals surface area (Å²) in [6, 6.07) is 0.768. The number of carbonyl (C=O) groups is 1. The van der Waals surface area contributed by atoms with E-state index in [4.69, 9.17) is 5.73 Å². The van der Waals surface area contributed by atoms with Crippen LogP contribution in [0, 0.1) is 5.41 Å². The van der Waals surface area contributed by atoms with Gasteiger partial charge in [-0.05, 0) is 31.6 Å². The van der Waals surface area contributed by atoms with E-state index < -0.39 is 0 Å². The van der Waals surface area contributed by atoms with Crippen molar-refractivity contribution in [3.05, 3.63) is 0 Å². The highest BCUT2D eigenvalue weighted by molar-refractivity contribution is 5.74. The molecule has 0 radical (unpaired) electrons. The third kappa shape index (κ3) is 4.65. The molecule has 1 aliphatic carbocycles. The first-order chi connectivity index (χ1) is 6.89. The van der Waals surface area contributed by atoms with Crippen molar-refractivity contribution in [2.75, 3.05) is 0 Å². The summed E-state index contributed by atoms with van der Waals surface area (Å²) in [6.07, 6.45) is 5.48. The van der Waals surface area contributed by atoms with Crippen molar-refractivity contribution in [3.63, 3.8) is 0 Å². The lowest BCUT2D eigenvalue weighted by Gasteiger charge is -2.36. The molecule has 0 aliphatic heterocycles. The molecular formula is C12H24N2O. The monoisotopic (exact) mass is 212 g/mol. The topological polar surface area (TPSA) is 55.1 Å². The number of rotatable bonds is 4. The van der Waals surface area contributed by atoms with E-state index in [1.165, 1.54) is 25.7 Å². The third-order valence-corrected chi connectivity index (χ3v) is 3.23. The Morgan fingerprint density at radius 2 is 2.27 bits per heavy atom. The van der Waals surface area contributed by atoms with Gasteiger partial charge >= 0.3 is 0 Å². The molecule has 0 saturated heterocycles. The van der Waals surface area contributed by atoms with Crippen LogP contribution in [0.25, 0.3) is 0 Å². The molecular weight excluding hydrogens is 188 g/mol. The highest BCUT2D eigenvalue weighted by atomic mass is 16.1. The first-order valence-corrected chi connectivity index (χ1v) is 5.93. The van der Waals surface area contributed by atoms with Gasteiger partial charge in [-0.1, -0.05) is 20.3 Å². The summed E-state index contributed by atoms with van der Waals surface area (Å²) in [5.74, 6) is -0.218. The molecule has 1 rings (SSSR count). The van der Waals surface area contributed by atoms with Gasteiger partial charge in [-0.25, -0.2) is 0 Å². The molecule has 15 heavy (non-hydrogen) atoms. The molecule has 0 spiro atoms. The summed E-state index contributed by atoms with van der Waals surface area (Å²) < 4.78 is 0. The molecule has 0 aromatic rings. The average Bonchev–Trinajstić information content (AvgIpc) is 1.99. The van der Waals surface area contributed by atoms with Crippen LogP contribution in [0.1, 0.15) is 52.9 Å². The molecule has 2 unspecified atom stereocenters. The Morgan fingerprint density at radius 1 is 1.60 bits per heavy atom. The number of nitrogens with two attached hydrogens (primary N) is 1. The number of amides is 1. The number of hydrogen-bond donors (Lipinski definition) is 2. The molecule has 1 aliphatic rings. The highest BCUT2D eigenvalue weighted by Gasteiger charge is 2.28. The average molecular weight is 212 g/mol. The molecule has 0 heterocycles. The lowest BCUT2D eigenvalue weighted by atomic mass is 9.75. The minimum absolute atomic E-state index is 0.210. The fourth-order valence-corrected chi connectivity index (χ4v) is 2.60. The van der Waals surface area contributed by atoms with Crippen LogP contribution in [0.3, 0.4) is 0 Å². The molecule has 1 fully saturated rings. The van der Waals surface area contributed by atoms with Crippen molar-refractivity contribution in [3.8, 4) is 0 Å².